The van der Waals surface area contributed by atoms with E-state index in [1.165, 1.54) is 5.56 Å². The maximum Gasteiger partial charge on any atom is 0.288 e. The third-order valence-electron chi connectivity index (χ3n) is 3.62. The van der Waals surface area contributed by atoms with E-state index < -0.39 is 0 Å². The van der Waals surface area contributed by atoms with Crippen molar-refractivity contribution >= 4 is 23.0 Å². The summed E-state index contributed by atoms with van der Waals surface area (Å²) in [7, 11) is 0. The zero-order valence-corrected chi connectivity index (χ0v) is 12.6. The first-order valence-electron chi connectivity index (χ1n) is 7.12. The second-order valence-electron chi connectivity index (χ2n) is 5.28. The molecule has 0 saturated carbocycles. The van der Waals surface area contributed by atoms with E-state index in [-0.39, 0.29) is 5.91 Å². The summed E-state index contributed by atoms with van der Waals surface area (Å²) >= 11 is 0. The van der Waals surface area contributed by atoms with Gasteiger partial charge in [0.05, 0.1) is 6.21 Å². The molecule has 2 N–H and O–H groups in total. The van der Waals surface area contributed by atoms with Crippen molar-refractivity contribution in [1.82, 2.24) is 10.4 Å². The quantitative estimate of drug-likeness (QED) is 0.562. The van der Waals surface area contributed by atoms with E-state index >= 15 is 0 Å². The Bertz CT molecular complexity index is 847. The van der Waals surface area contributed by atoms with E-state index in [2.05, 4.69) is 21.6 Å². The van der Waals surface area contributed by atoms with Crippen molar-refractivity contribution < 1.29 is 4.79 Å². The van der Waals surface area contributed by atoms with Crippen LogP contribution in [0.1, 0.15) is 27.2 Å². The number of hydrazone groups is 1. The van der Waals surface area contributed by atoms with Crippen molar-refractivity contribution in [3.05, 3.63) is 70.9 Å². The number of hydrogen-bond acceptors (Lipinski definition) is 2. The number of H-pyrrole nitrogens is 1. The Balaban J connectivity index is 1.81. The predicted molar refractivity (Wildman–Crippen MR) is 89.3 cm³/mol. The van der Waals surface area contributed by atoms with Gasteiger partial charge in [-0.25, -0.2) is 5.43 Å². The number of carbonyl (C=O) groups excluding carboxylic acids is 1. The van der Waals surface area contributed by atoms with Crippen LogP contribution in [0.4, 0.5) is 0 Å². The number of fused-ring (bicyclic) bond motifs is 1. The zero-order chi connectivity index (χ0) is 15.5. The molecule has 110 valence electrons. The van der Waals surface area contributed by atoms with Crippen LogP contribution in [0.15, 0.2) is 53.6 Å². The van der Waals surface area contributed by atoms with E-state index in [1.807, 2.05) is 56.3 Å². The molecule has 4 nitrogen and oxygen atoms in total. The maximum absolute atomic E-state index is 12.3. The van der Waals surface area contributed by atoms with Gasteiger partial charge in [0.1, 0.15) is 5.69 Å². The molecule has 22 heavy (non-hydrogen) atoms. The summed E-state index contributed by atoms with van der Waals surface area (Å²) in [6.07, 6.45) is 1.63. The van der Waals surface area contributed by atoms with E-state index in [9.17, 15) is 4.79 Å². The molecule has 1 aromatic heterocycles. The van der Waals surface area contributed by atoms with E-state index in [4.69, 9.17) is 0 Å². The lowest BCUT2D eigenvalue weighted by Gasteiger charge is -1.98. The van der Waals surface area contributed by atoms with Crippen LogP contribution in [0.2, 0.25) is 0 Å². The highest BCUT2D eigenvalue weighted by molar-refractivity contribution is 6.01. The maximum atomic E-state index is 12.3. The first-order chi connectivity index (χ1) is 10.6. The molecule has 0 fully saturated rings. The van der Waals surface area contributed by atoms with E-state index in [0.29, 0.717) is 5.69 Å². The van der Waals surface area contributed by atoms with Gasteiger partial charge in [-0.3, -0.25) is 4.79 Å². The molecule has 0 aliphatic rings. The minimum atomic E-state index is -0.237. The molecule has 1 heterocycles. The number of nitrogens with zero attached hydrogens (tertiary/aromatic N) is 1. The molecule has 0 saturated heterocycles. The Kier molecular flexibility index (Phi) is 3.74. The highest BCUT2D eigenvalue weighted by Crippen LogP contribution is 2.22. The Hall–Kier alpha value is -2.88. The number of rotatable bonds is 3. The van der Waals surface area contributed by atoms with Gasteiger partial charge in [-0.15, -0.1) is 0 Å². The molecule has 3 rings (SSSR count). The van der Waals surface area contributed by atoms with Crippen molar-refractivity contribution in [3.8, 4) is 0 Å². The van der Waals surface area contributed by atoms with Crippen molar-refractivity contribution in [3.63, 3.8) is 0 Å². The molecule has 0 aliphatic heterocycles. The van der Waals surface area contributed by atoms with Gasteiger partial charge in [-0.1, -0.05) is 42.0 Å². The standard InChI is InChI=1S/C18H17N3O/c1-12-8-9-16-15(10-12)13(2)17(20-16)18(22)21-19-11-14-6-4-3-5-7-14/h3-11,20H,1-2H3,(H,21,22)/b19-11-. The highest BCUT2D eigenvalue weighted by Gasteiger charge is 2.14. The molecular weight excluding hydrogens is 274 g/mol. The van der Waals surface area contributed by atoms with Gasteiger partial charge in [0, 0.05) is 10.9 Å². The van der Waals surface area contributed by atoms with Gasteiger partial charge in [0.15, 0.2) is 0 Å². The molecule has 0 bridgehead atoms. The fourth-order valence-electron chi connectivity index (χ4n) is 2.43. The summed E-state index contributed by atoms with van der Waals surface area (Å²) in [6, 6.07) is 15.7. The van der Waals surface area contributed by atoms with Gasteiger partial charge >= 0.3 is 0 Å². The molecular formula is C18H17N3O. The van der Waals surface area contributed by atoms with Crippen molar-refractivity contribution in [1.29, 1.82) is 0 Å². The van der Waals surface area contributed by atoms with Crippen LogP contribution in [-0.4, -0.2) is 17.1 Å². The number of aryl methyl sites for hydroxylation is 2. The smallest absolute Gasteiger partial charge is 0.288 e. The predicted octanol–water partition coefficient (Wildman–Crippen LogP) is 3.55. The van der Waals surface area contributed by atoms with Gasteiger partial charge in [0.2, 0.25) is 0 Å². The topological polar surface area (TPSA) is 57.2 Å². The van der Waals surface area contributed by atoms with Crippen LogP contribution < -0.4 is 5.43 Å². The zero-order valence-electron chi connectivity index (χ0n) is 12.6. The van der Waals surface area contributed by atoms with Gasteiger partial charge in [-0.05, 0) is 37.1 Å². The number of carbonyl (C=O) groups is 1. The summed E-state index contributed by atoms with van der Waals surface area (Å²) < 4.78 is 0. The van der Waals surface area contributed by atoms with Crippen molar-refractivity contribution in [2.75, 3.05) is 0 Å². The average molecular weight is 291 g/mol. The number of hydrogen-bond donors (Lipinski definition) is 2. The average Bonchev–Trinajstić information content (AvgIpc) is 2.85. The van der Waals surface area contributed by atoms with E-state index in [1.54, 1.807) is 6.21 Å². The normalized spacial score (nSPS) is 11.2. The highest BCUT2D eigenvalue weighted by atomic mass is 16.2. The first-order valence-corrected chi connectivity index (χ1v) is 7.12. The number of nitrogens with one attached hydrogen (secondary N) is 2. The van der Waals surface area contributed by atoms with Crippen molar-refractivity contribution in [2.24, 2.45) is 5.10 Å². The summed E-state index contributed by atoms with van der Waals surface area (Å²) in [4.78, 5) is 15.4. The molecule has 2 aromatic carbocycles. The van der Waals surface area contributed by atoms with Crippen LogP contribution in [0.5, 0.6) is 0 Å². The third kappa shape index (κ3) is 2.76. The monoisotopic (exact) mass is 291 g/mol. The lowest BCUT2D eigenvalue weighted by atomic mass is 10.1. The Labute approximate surface area is 128 Å². The van der Waals surface area contributed by atoms with Gasteiger partial charge < -0.3 is 4.98 Å². The fourth-order valence-corrected chi connectivity index (χ4v) is 2.43. The first kappa shape index (κ1) is 14.1. The van der Waals surface area contributed by atoms with Crippen LogP contribution in [0.3, 0.4) is 0 Å². The van der Waals surface area contributed by atoms with Crippen molar-refractivity contribution in [2.45, 2.75) is 13.8 Å². The molecule has 0 aliphatic carbocycles. The second kappa shape index (κ2) is 5.85. The van der Waals surface area contributed by atoms with Crippen LogP contribution in [0, 0.1) is 13.8 Å². The molecule has 0 spiro atoms. The molecule has 0 atom stereocenters. The summed E-state index contributed by atoms with van der Waals surface area (Å²) in [6.45, 7) is 3.98. The van der Waals surface area contributed by atoms with Gasteiger partial charge in [0.25, 0.3) is 5.91 Å². The minimum absolute atomic E-state index is 0.237. The minimum Gasteiger partial charge on any atom is -0.350 e. The number of aromatic nitrogens is 1. The van der Waals surface area contributed by atoms with Crippen LogP contribution in [0.25, 0.3) is 10.9 Å². The Morgan fingerprint density at radius 1 is 1.14 bits per heavy atom. The van der Waals surface area contributed by atoms with E-state index in [0.717, 1.165) is 22.0 Å². The summed E-state index contributed by atoms with van der Waals surface area (Å²) in [5.74, 6) is -0.237. The molecule has 1 amide bonds. The largest absolute Gasteiger partial charge is 0.350 e. The Morgan fingerprint density at radius 3 is 2.68 bits per heavy atom. The van der Waals surface area contributed by atoms with Crippen LogP contribution in [-0.2, 0) is 0 Å². The number of aromatic amines is 1. The molecule has 3 aromatic rings. The molecule has 0 radical (unpaired) electrons. The summed E-state index contributed by atoms with van der Waals surface area (Å²) in [5, 5.41) is 5.07. The second-order valence-corrected chi connectivity index (χ2v) is 5.28. The molecule has 0 unspecified atom stereocenters. The van der Waals surface area contributed by atoms with Crippen LogP contribution >= 0.6 is 0 Å². The SMILES string of the molecule is Cc1ccc2[nH]c(C(=O)N/N=C\c3ccccc3)c(C)c2c1. The molecule has 4 heteroatoms. The number of benzene rings is 2. The fraction of sp³-hybridized carbons (Fsp3) is 0.111. The Morgan fingerprint density at radius 2 is 1.91 bits per heavy atom. The lowest BCUT2D eigenvalue weighted by molar-refractivity contribution is 0.0950. The van der Waals surface area contributed by atoms with Gasteiger partial charge in [-0.2, -0.15) is 5.10 Å². The lowest BCUT2D eigenvalue weighted by Crippen LogP contribution is -2.18. The third-order valence-corrected chi connectivity index (χ3v) is 3.62. The summed E-state index contributed by atoms with van der Waals surface area (Å²) in [5.41, 5.74) is 7.11. The number of amides is 1.